The number of nitrogens with zero attached hydrogens (tertiary/aromatic N) is 1. The van der Waals surface area contributed by atoms with Crippen LogP contribution in [0.1, 0.15) is 16.1 Å². The Labute approximate surface area is 125 Å². The van der Waals surface area contributed by atoms with Crippen LogP contribution in [-0.2, 0) is 0 Å². The first-order valence-electron chi connectivity index (χ1n) is 6.59. The number of fused-ring (bicyclic) bond motifs is 1. The minimum atomic E-state index is -0.474. The average Bonchev–Trinajstić information content (AvgIpc) is 2.97. The van der Waals surface area contributed by atoms with E-state index in [1.807, 2.05) is 18.2 Å². The van der Waals surface area contributed by atoms with Gasteiger partial charge in [0.05, 0.1) is 4.92 Å². The number of carbonyl (C=O) groups excluding carboxylic acids is 1. The topological polar surface area (TPSA) is 73.3 Å². The van der Waals surface area contributed by atoms with Crippen LogP contribution >= 0.6 is 0 Å². The van der Waals surface area contributed by atoms with E-state index in [4.69, 9.17) is 4.42 Å². The summed E-state index contributed by atoms with van der Waals surface area (Å²) in [6.07, 6.45) is 2.87. The molecule has 0 fully saturated rings. The van der Waals surface area contributed by atoms with E-state index in [2.05, 4.69) is 0 Å². The number of hydrogen-bond donors (Lipinski definition) is 0. The molecule has 0 radical (unpaired) electrons. The second-order valence-corrected chi connectivity index (χ2v) is 4.70. The van der Waals surface area contributed by atoms with E-state index in [1.165, 1.54) is 24.3 Å². The summed E-state index contributed by atoms with van der Waals surface area (Å²) in [6, 6.07) is 15.1. The van der Waals surface area contributed by atoms with Gasteiger partial charge in [0.1, 0.15) is 5.58 Å². The normalized spacial score (nSPS) is 11.1. The second kappa shape index (κ2) is 5.65. The van der Waals surface area contributed by atoms with Gasteiger partial charge in [-0.05, 0) is 23.8 Å². The molecule has 1 aromatic heterocycles. The highest BCUT2D eigenvalue weighted by atomic mass is 16.6. The van der Waals surface area contributed by atoms with Gasteiger partial charge in [-0.2, -0.15) is 0 Å². The zero-order valence-corrected chi connectivity index (χ0v) is 11.4. The minimum absolute atomic E-state index is 0.0154. The van der Waals surface area contributed by atoms with Crippen LogP contribution in [0, 0.1) is 10.1 Å². The largest absolute Gasteiger partial charge is 0.453 e. The number of nitro benzene ring substituents is 1. The van der Waals surface area contributed by atoms with Gasteiger partial charge in [-0.25, -0.2) is 0 Å². The van der Waals surface area contributed by atoms with Gasteiger partial charge in [-0.3, -0.25) is 14.9 Å². The van der Waals surface area contributed by atoms with E-state index in [1.54, 1.807) is 24.3 Å². The number of hydrogen-bond acceptors (Lipinski definition) is 4. The van der Waals surface area contributed by atoms with Crippen molar-refractivity contribution in [2.45, 2.75) is 0 Å². The molecular weight excluding hydrogens is 282 g/mol. The van der Waals surface area contributed by atoms with Crippen molar-refractivity contribution < 1.29 is 14.1 Å². The van der Waals surface area contributed by atoms with E-state index in [0.717, 1.165) is 5.39 Å². The average molecular weight is 293 g/mol. The van der Waals surface area contributed by atoms with Crippen LogP contribution in [0.15, 0.2) is 65.1 Å². The molecule has 1 heterocycles. The minimum Gasteiger partial charge on any atom is -0.453 e. The van der Waals surface area contributed by atoms with Crippen LogP contribution < -0.4 is 0 Å². The Kier molecular flexibility index (Phi) is 3.53. The third-order valence-corrected chi connectivity index (χ3v) is 3.18. The third kappa shape index (κ3) is 2.78. The summed E-state index contributed by atoms with van der Waals surface area (Å²) in [5.41, 5.74) is 1.21. The summed E-state index contributed by atoms with van der Waals surface area (Å²) in [4.78, 5) is 22.3. The number of carbonyl (C=O) groups is 1. The van der Waals surface area contributed by atoms with Crippen molar-refractivity contribution in [1.29, 1.82) is 0 Å². The van der Waals surface area contributed by atoms with Gasteiger partial charge < -0.3 is 4.42 Å². The van der Waals surface area contributed by atoms with Crippen LogP contribution in [0.5, 0.6) is 0 Å². The lowest BCUT2D eigenvalue weighted by molar-refractivity contribution is -0.384. The summed E-state index contributed by atoms with van der Waals surface area (Å²) >= 11 is 0. The molecule has 3 aromatic rings. The predicted octanol–water partition coefficient (Wildman–Crippen LogP) is 4.24. The number of rotatable bonds is 4. The molecule has 0 amide bonds. The molecule has 0 aliphatic rings. The predicted molar refractivity (Wildman–Crippen MR) is 82.7 cm³/mol. The summed E-state index contributed by atoms with van der Waals surface area (Å²) in [7, 11) is 0. The lowest BCUT2D eigenvalue weighted by atomic mass is 10.1. The van der Waals surface area contributed by atoms with Gasteiger partial charge >= 0.3 is 0 Å². The van der Waals surface area contributed by atoms with E-state index < -0.39 is 4.92 Å². The van der Waals surface area contributed by atoms with E-state index in [-0.39, 0.29) is 17.2 Å². The molecule has 22 heavy (non-hydrogen) atoms. The number of furan rings is 1. The van der Waals surface area contributed by atoms with Crippen LogP contribution in [0.3, 0.4) is 0 Å². The van der Waals surface area contributed by atoms with Crippen molar-refractivity contribution in [2.24, 2.45) is 0 Å². The van der Waals surface area contributed by atoms with Crippen LogP contribution in [0.2, 0.25) is 0 Å². The second-order valence-electron chi connectivity index (χ2n) is 4.70. The summed E-state index contributed by atoms with van der Waals surface area (Å²) in [5.74, 6) is -0.0504. The molecule has 2 aromatic carbocycles. The summed E-state index contributed by atoms with van der Waals surface area (Å²) in [6.45, 7) is 0. The Morgan fingerprint density at radius 2 is 1.91 bits per heavy atom. The Hall–Kier alpha value is -3.21. The number of benzene rings is 2. The van der Waals surface area contributed by atoms with Crippen molar-refractivity contribution in [2.75, 3.05) is 0 Å². The number of ketones is 1. The van der Waals surface area contributed by atoms with Crippen molar-refractivity contribution in [3.8, 4) is 0 Å². The number of para-hydroxylation sites is 1. The number of nitro groups is 1. The maximum Gasteiger partial charge on any atom is 0.270 e. The molecule has 3 rings (SSSR count). The maximum absolute atomic E-state index is 12.1. The molecule has 0 saturated carbocycles. The Balaban J connectivity index is 1.84. The SMILES string of the molecule is O=C(/C=C/c1cccc([N+](=O)[O-])c1)c1cc2ccccc2o1. The highest BCUT2D eigenvalue weighted by Gasteiger charge is 2.09. The molecule has 108 valence electrons. The van der Waals surface area contributed by atoms with Crippen LogP contribution in [0.25, 0.3) is 17.0 Å². The zero-order chi connectivity index (χ0) is 15.5. The molecule has 0 aliphatic carbocycles. The lowest BCUT2D eigenvalue weighted by Gasteiger charge is -1.94. The highest BCUT2D eigenvalue weighted by molar-refractivity contribution is 6.06. The highest BCUT2D eigenvalue weighted by Crippen LogP contribution is 2.20. The van der Waals surface area contributed by atoms with Crippen molar-refractivity contribution in [1.82, 2.24) is 0 Å². The Morgan fingerprint density at radius 1 is 1.09 bits per heavy atom. The zero-order valence-electron chi connectivity index (χ0n) is 11.4. The molecular formula is C17H11NO4. The molecule has 5 nitrogen and oxygen atoms in total. The fraction of sp³-hybridized carbons (Fsp3) is 0. The van der Waals surface area contributed by atoms with Gasteiger partial charge in [0, 0.05) is 17.5 Å². The van der Waals surface area contributed by atoms with Crippen molar-refractivity contribution >= 4 is 28.5 Å². The molecule has 0 saturated heterocycles. The Morgan fingerprint density at radius 3 is 2.68 bits per heavy atom. The smallest absolute Gasteiger partial charge is 0.270 e. The van der Waals surface area contributed by atoms with Gasteiger partial charge in [0.25, 0.3) is 5.69 Å². The molecule has 0 N–H and O–H groups in total. The first-order chi connectivity index (χ1) is 10.6. The van der Waals surface area contributed by atoms with Crippen LogP contribution in [0.4, 0.5) is 5.69 Å². The summed E-state index contributed by atoms with van der Waals surface area (Å²) in [5, 5.41) is 11.6. The van der Waals surface area contributed by atoms with Gasteiger partial charge in [-0.15, -0.1) is 0 Å². The molecule has 5 heteroatoms. The molecule has 0 spiro atoms. The van der Waals surface area contributed by atoms with Crippen molar-refractivity contribution in [3.63, 3.8) is 0 Å². The molecule has 0 unspecified atom stereocenters. The molecule has 0 bridgehead atoms. The number of allylic oxidation sites excluding steroid dienone is 1. The van der Waals surface area contributed by atoms with E-state index >= 15 is 0 Å². The van der Waals surface area contributed by atoms with Crippen LogP contribution in [-0.4, -0.2) is 10.7 Å². The van der Waals surface area contributed by atoms with Gasteiger partial charge in [0.2, 0.25) is 5.78 Å². The summed E-state index contributed by atoms with van der Waals surface area (Å²) < 4.78 is 5.47. The monoisotopic (exact) mass is 293 g/mol. The first kappa shape index (κ1) is 13.8. The third-order valence-electron chi connectivity index (χ3n) is 3.18. The standard InChI is InChI=1S/C17H11NO4/c19-15(17-11-13-5-1-2-7-16(13)22-17)9-8-12-4-3-6-14(10-12)18(20)21/h1-11H/b9-8+. The maximum atomic E-state index is 12.1. The number of non-ortho nitro benzene ring substituents is 1. The lowest BCUT2D eigenvalue weighted by Crippen LogP contribution is -1.91. The Bertz CT molecular complexity index is 859. The van der Waals surface area contributed by atoms with E-state index in [9.17, 15) is 14.9 Å². The van der Waals surface area contributed by atoms with Gasteiger partial charge in [-0.1, -0.05) is 36.4 Å². The van der Waals surface area contributed by atoms with Crippen molar-refractivity contribution in [3.05, 3.63) is 82.1 Å². The molecule has 0 atom stereocenters. The first-order valence-corrected chi connectivity index (χ1v) is 6.59. The quantitative estimate of drug-likeness (QED) is 0.312. The fourth-order valence-corrected chi connectivity index (χ4v) is 2.10. The van der Waals surface area contributed by atoms with Gasteiger partial charge in [0.15, 0.2) is 5.76 Å². The molecule has 0 aliphatic heterocycles. The fourth-order valence-electron chi connectivity index (χ4n) is 2.10. The van der Waals surface area contributed by atoms with E-state index in [0.29, 0.717) is 11.1 Å².